The molecular formula is C28H24N2O4S. The first-order valence-electron chi connectivity index (χ1n) is 10.9. The van der Waals surface area contributed by atoms with E-state index >= 15 is 0 Å². The van der Waals surface area contributed by atoms with Crippen molar-refractivity contribution in [2.45, 2.75) is 23.6 Å². The average Bonchev–Trinajstić information content (AvgIpc) is 2.84. The lowest BCUT2D eigenvalue weighted by Gasteiger charge is -2.09. The molecule has 6 nitrogen and oxygen atoms in total. The summed E-state index contributed by atoms with van der Waals surface area (Å²) in [7, 11) is -3.82. The van der Waals surface area contributed by atoms with E-state index in [2.05, 4.69) is 10.6 Å². The van der Waals surface area contributed by atoms with Gasteiger partial charge in [-0.05, 0) is 97.8 Å². The molecule has 176 valence electrons. The fourth-order valence-electron chi connectivity index (χ4n) is 3.56. The van der Waals surface area contributed by atoms with Gasteiger partial charge in [0.05, 0.1) is 9.79 Å². The summed E-state index contributed by atoms with van der Waals surface area (Å²) in [5, 5.41) is 5.60. The summed E-state index contributed by atoms with van der Waals surface area (Å²) in [6.45, 7) is 3.86. The Balaban J connectivity index is 1.47. The molecule has 0 bridgehead atoms. The van der Waals surface area contributed by atoms with E-state index in [-0.39, 0.29) is 21.6 Å². The molecule has 2 amide bonds. The Morgan fingerprint density at radius 2 is 0.943 bits per heavy atom. The summed E-state index contributed by atoms with van der Waals surface area (Å²) < 4.78 is 26.1. The van der Waals surface area contributed by atoms with E-state index in [9.17, 15) is 18.0 Å². The second kappa shape index (κ2) is 9.95. The molecule has 2 N–H and O–H groups in total. The number of nitrogens with one attached hydrogen (secondary N) is 2. The zero-order valence-electron chi connectivity index (χ0n) is 19.3. The van der Waals surface area contributed by atoms with Crippen LogP contribution in [0.2, 0.25) is 0 Å². The average molecular weight is 485 g/mol. The van der Waals surface area contributed by atoms with Crippen LogP contribution in [0.5, 0.6) is 0 Å². The maximum Gasteiger partial charge on any atom is 0.255 e. The van der Waals surface area contributed by atoms with Crippen LogP contribution in [0.3, 0.4) is 0 Å². The van der Waals surface area contributed by atoms with Crippen LogP contribution in [0.15, 0.2) is 107 Å². The summed E-state index contributed by atoms with van der Waals surface area (Å²) in [6, 6.07) is 26.3. The minimum absolute atomic E-state index is 0.0570. The highest BCUT2D eigenvalue weighted by atomic mass is 32.2. The molecular weight excluding hydrogens is 460 g/mol. The van der Waals surface area contributed by atoms with Crippen LogP contribution in [0.4, 0.5) is 11.4 Å². The SMILES string of the molecule is Cc1cccc(NC(=O)c2ccc(S(=O)(=O)c3ccc(C(=O)Nc4cccc(C)c4)cc3)cc2)c1. The first-order chi connectivity index (χ1) is 16.7. The van der Waals surface area contributed by atoms with E-state index in [0.717, 1.165) is 11.1 Å². The number of rotatable bonds is 6. The lowest BCUT2D eigenvalue weighted by atomic mass is 10.2. The van der Waals surface area contributed by atoms with Gasteiger partial charge in [-0.15, -0.1) is 0 Å². The van der Waals surface area contributed by atoms with Gasteiger partial charge in [0.25, 0.3) is 11.8 Å². The van der Waals surface area contributed by atoms with Crippen LogP contribution in [0, 0.1) is 13.8 Å². The number of benzene rings is 4. The summed E-state index contributed by atoms with van der Waals surface area (Å²) >= 11 is 0. The Kier molecular flexibility index (Phi) is 6.80. The van der Waals surface area contributed by atoms with Gasteiger partial charge in [0.2, 0.25) is 9.84 Å². The highest BCUT2D eigenvalue weighted by molar-refractivity contribution is 7.91. The zero-order chi connectivity index (χ0) is 25.0. The third kappa shape index (κ3) is 5.65. The Bertz CT molecular complexity index is 1380. The third-order valence-corrected chi connectivity index (χ3v) is 7.19. The Labute approximate surface area is 204 Å². The van der Waals surface area contributed by atoms with Crippen LogP contribution in [0.1, 0.15) is 31.8 Å². The molecule has 4 aromatic carbocycles. The summed E-state index contributed by atoms with van der Waals surface area (Å²) in [5.74, 6) is -0.660. The van der Waals surface area contributed by atoms with Gasteiger partial charge >= 0.3 is 0 Å². The predicted octanol–water partition coefficient (Wildman–Crippen LogP) is 5.64. The molecule has 0 saturated heterocycles. The van der Waals surface area contributed by atoms with Crippen molar-refractivity contribution in [2.75, 3.05) is 10.6 Å². The molecule has 0 aliphatic carbocycles. The van der Waals surface area contributed by atoms with Crippen LogP contribution in [-0.2, 0) is 9.84 Å². The second-order valence-electron chi connectivity index (χ2n) is 8.20. The molecule has 0 radical (unpaired) electrons. The van der Waals surface area contributed by atoms with Crippen molar-refractivity contribution in [1.82, 2.24) is 0 Å². The van der Waals surface area contributed by atoms with Gasteiger partial charge in [0, 0.05) is 22.5 Å². The molecule has 0 aromatic heterocycles. The van der Waals surface area contributed by atoms with Crippen LogP contribution in [0.25, 0.3) is 0 Å². The summed E-state index contributed by atoms with van der Waals surface area (Å²) in [4.78, 5) is 25.1. The zero-order valence-corrected chi connectivity index (χ0v) is 20.1. The van der Waals surface area contributed by atoms with E-state index in [4.69, 9.17) is 0 Å². The lowest BCUT2D eigenvalue weighted by Crippen LogP contribution is -2.13. The van der Waals surface area contributed by atoms with E-state index < -0.39 is 9.84 Å². The fraction of sp³-hybridized carbons (Fsp3) is 0.0714. The van der Waals surface area contributed by atoms with Gasteiger partial charge in [-0.3, -0.25) is 9.59 Å². The Morgan fingerprint density at radius 1 is 0.571 bits per heavy atom. The molecule has 0 atom stereocenters. The van der Waals surface area contributed by atoms with Crippen molar-refractivity contribution in [1.29, 1.82) is 0 Å². The number of carbonyl (C=O) groups excluding carboxylic acids is 2. The van der Waals surface area contributed by atoms with Gasteiger partial charge in [-0.2, -0.15) is 0 Å². The van der Waals surface area contributed by atoms with Gasteiger partial charge < -0.3 is 10.6 Å². The highest BCUT2D eigenvalue weighted by Crippen LogP contribution is 2.23. The van der Waals surface area contributed by atoms with E-state index in [1.165, 1.54) is 48.5 Å². The molecule has 0 fully saturated rings. The summed E-state index contributed by atoms with van der Waals surface area (Å²) in [6.07, 6.45) is 0. The van der Waals surface area contributed by atoms with Gasteiger partial charge in [-0.25, -0.2) is 8.42 Å². The monoisotopic (exact) mass is 484 g/mol. The molecule has 0 unspecified atom stereocenters. The van der Waals surface area contributed by atoms with Gasteiger partial charge in [-0.1, -0.05) is 24.3 Å². The van der Waals surface area contributed by atoms with Crippen molar-refractivity contribution < 1.29 is 18.0 Å². The maximum atomic E-state index is 13.1. The number of carbonyl (C=O) groups is 2. The van der Waals surface area contributed by atoms with E-state index in [0.29, 0.717) is 22.5 Å². The number of sulfone groups is 1. The molecule has 7 heteroatoms. The number of anilines is 2. The Morgan fingerprint density at radius 3 is 1.29 bits per heavy atom. The van der Waals surface area contributed by atoms with Crippen LogP contribution >= 0.6 is 0 Å². The molecule has 0 saturated carbocycles. The second-order valence-corrected chi connectivity index (χ2v) is 10.1. The minimum atomic E-state index is -3.82. The Hall–Kier alpha value is -4.23. The van der Waals surface area contributed by atoms with Crippen molar-refractivity contribution >= 4 is 33.0 Å². The van der Waals surface area contributed by atoms with Crippen LogP contribution < -0.4 is 10.6 Å². The normalized spacial score (nSPS) is 11.0. The first-order valence-corrected chi connectivity index (χ1v) is 12.4. The molecule has 35 heavy (non-hydrogen) atoms. The quantitative estimate of drug-likeness (QED) is 0.370. The predicted molar refractivity (Wildman–Crippen MR) is 137 cm³/mol. The lowest BCUT2D eigenvalue weighted by molar-refractivity contribution is 0.101. The van der Waals surface area contributed by atoms with E-state index in [1.807, 2.05) is 50.2 Å². The molecule has 0 spiro atoms. The van der Waals surface area contributed by atoms with Crippen molar-refractivity contribution in [3.05, 3.63) is 119 Å². The molecule has 0 aliphatic rings. The van der Waals surface area contributed by atoms with Crippen molar-refractivity contribution in [3.63, 3.8) is 0 Å². The number of hydrogen-bond acceptors (Lipinski definition) is 4. The maximum absolute atomic E-state index is 13.1. The number of amides is 2. The first kappa shape index (κ1) is 23.9. The standard InChI is InChI=1S/C28H24N2O4S/c1-19-5-3-7-23(17-19)29-27(31)21-9-13-25(14-10-21)35(33,34)26-15-11-22(12-16-26)28(32)30-24-8-4-6-20(2)18-24/h3-18H,1-2H3,(H,29,31)(H,30,32). The fourth-order valence-corrected chi connectivity index (χ4v) is 4.82. The minimum Gasteiger partial charge on any atom is -0.322 e. The summed E-state index contributed by atoms with van der Waals surface area (Å²) in [5.41, 5.74) is 4.05. The number of hydrogen-bond donors (Lipinski definition) is 2. The van der Waals surface area contributed by atoms with Crippen LogP contribution in [-0.4, -0.2) is 20.2 Å². The van der Waals surface area contributed by atoms with Crippen molar-refractivity contribution in [3.8, 4) is 0 Å². The molecule has 0 heterocycles. The van der Waals surface area contributed by atoms with E-state index in [1.54, 1.807) is 12.1 Å². The third-order valence-electron chi connectivity index (χ3n) is 5.41. The highest BCUT2D eigenvalue weighted by Gasteiger charge is 2.19. The topological polar surface area (TPSA) is 92.3 Å². The van der Waals surface area contributed by atoms with Crippen molar-refractivity contribution in [2.24, 2.45) is 0 Å². The smallest absolute Gasteiger partial charge is 0.255 e. The van der Waals surface area contributed by atoms with Gasteiger partial charge in [0.1, 0.15) is 0 Å². The molecule has 0 aliphatic heterocycles. The molecule has 4 aromatic rings. The largest absolute Gasteiger partial charge is 0.322 e. The molecule has 4 rings (SSSR count). The van der Waals surface area contributed by atoms with Gasteiger partial charge in [0.15, 0.2) is 0 Å². The number of aryl methyl sites for hydroxylation is 2.